The van der Waals surface area contributed by atoms with Crippen molar-refractivity contribution in [1.29, 1.82) is 0 Å². The number of nitrogens with zero attached hydrogens (tertiary/aromatic N) is 2. The summed E-state index contributed by atoms with van der Waals surface area (Å²) in [5.74, 6) is 1.01. The van der Waals surface area contributed by atoms with Crippen molar-refractivity contribution in [3.8, 4) is 5.75 Å². The molecular weight excluding hydrogens is 388 g/mol. The van der Waals surface area contributed by atoms with Crippen LogP contribution in [0.5, 0.6) is 5.75 Å². The second kappa shape index (κ2) is 12.1. The third-order valence-corrected chi connectivity index (χ3v) is 6.69. The summed E-state index contributed by atoms with van der Waals surface area (Å²) in [6.45, 7) is 5.92. The molecule has 0 unspecified atom stereocenters. The van der Waals surface area contributed by atoms with Crippen molar-refractivity contribution in [3.05, 3.63) is 29.8 Å². The van der Waals surface area contributed by atoms with E-state index in [9.17, 15) is 9.59 Å². The van der Waals surface area contributed by atoms with Gasteiger partial charge in [0.25, 0.3) is 5.91 Å². The SMILES string of the molecule is CCCCCCOc1ccc([C@H]2C(=O)N(C3CCCCC3)CC(=O)N2CCCC)cc1. The molecule has 5 heteroatoms. The van der Waals surface area contributed by atoms with Gasteiger partial charge in [-0.15, -0.1) is 0 Å². The average Bonchev–Trinajstić information content (AvgIpc) is 2.80. The first kappa shape index (κ1) is 23.6. The van der Waals surface area contributed by atoms with Crippen LogP contribution in [0.2, 0.25) is 0 Å². The van der Waals surface area contributed by atoms with Crippen molar-refractivity contribution < 1.29 is 14.3 Å². The first-order valence-corrected chi connectivity index (χ1v) is 12.5. The maximum Gasteiger partial charge on any atom is 0.250 e. The van der Waals surface area contributed by atoms with Crippen LogP contribution in [0.15, 0.2) is 24.3 Å². The van der Waals surface area contributed by atoms with Gasteiger partial charge in [-0.25, -0.2) is 0 Å². The Hall–Kier alpha value is -2.04. The lowest BCUT2D eigenvalue weighted by Gasteiger charge is -2.44. The average molecular weight is 429 g/mol. The van der Waals surface area contributed by atoms with Gasteiger partial charge >= 0.3 is 0 Å². The first-order valence-electron chi connectivity index (χ1n) is 12.5. The number of benzene rings is 1. The fraction of sp³-hybridized carbons (Fsp3) is 0.692. The number of rotatable bonds is 11. The van der Waals surface area contributed by atoms with Gasteiger partial charge in [0.15, 0.2) is 0 Å². The number of carbonyl (C=O) groups is 2. The number of unbranched alkanes of at least 4 members (excludes halogenated alkanes) is 4. The highest BCUT2D eigenvalue weighted by Crippen LogP contribution is 2.33. The zero-order valence-corrected chi connectivity index (χ0v) is 19.5. The molecule has 2 fully saturated rings. The fourth-order valence-corrected chi connectivity index (χ4v) is 4.82. The monoisotopic (exact) mass is 428 g/mol. The molecule has 0 aromatic heterocycles. The number of hydrogen-bond acceptors (Lipinski definition) is 3. The maximum atomic E-state index is 13.6. The molecule has 172 valence electrons. The molecule has 1 atom stereocenters. The lowest BCUT2D eigenvalue weighted by molar-refractivity contribution is -0.159. The summed E-state index contributed by atoms with van der Waals surface area (Å²) >= 11 is 0. The van der Waals surface area contributed by atoms with E-state index in [1.54, 1.807) is 0 Å². The number of ether oxygens (including phenoxy) is 1. The Labute approximate surface area is 188 Å². The molecule has 0 bridgehead atoms. The van der Waals surface area contributed by atoms with Gasteiger partial charge < -0.3 is 14.5 Å². The summed E-state index contributed by atoms with van der Waals surface area (Å²) < 4.78 is 5.88. The third-order valence-electron chi connectivity index (χ3n) is 6.69. The van der Waals surface area contributed by atoms with Gasteiger partial charge in [-0.05, 0) is 43.4 Å². The standard InChI is InChI=1S/C26H40N2O3/c1-3-5-7-11-19-31-23-16-14-21(15-17-23)25-26(30)28(22-12-9-8-10-13-22)20-24(29)27(25)18-6-4-2/h14-17,22,25H,3-13,18-20H2,1-2H3/t25-/m0/s1. The van der Waals surface area contributed by atoms with E-state index in [1.807, 2.05) is 34.1 Å². The van der Waals surface area contributed by atoms with E-state index in [0.717, 1.165) is 62.9 Å². The molecule has 5 nitrogen and oxygen atoms in total. The van der Waals surface area contributed by atoms with E-state index in [-0.39, 0.29) is 24.4 Å². The van der Waals surface area contributed by atoms with Crippen LogP contribution in [0.1, 0.15) is 96.1 Å². The Bertz CT molecular complexity index is 697. The van der Waals surface area contributed by atoms with Crippen molar-refractivity contribution in [3.63, 3.8) is 0 Å². The number of piperazine rings is 1. The molecule has 1 saturated carbocycles. The van der Waals surface area contributed by atoms with Gasteiger partial charge in [0.2, 0.25) is 5.91 Å². The minimum Gasteiger partial charge on any atom is -0.494 e. The Morgan fingerprint density at radius 1 is 0.903 bits per heavy atom. The largest absolute Gasteiger partial charge is 0.494 e. The van der Waals surface area contributed by atoms with Gasteiger partial charge in [-0.1, -0.05) is 70.9 Å². The lowest BCUT2D eigenvalue weighted by Crippen LogP contribution is -2.58. The van der Waals surface area contributed by atoms with E-state index in [2.05, 4.69) is 13.8 Å². The second-order valence-electron chi connectivity index (χ2n) is 9.08. The second-order valence-corrected chi connectivity index (χ2v) is 9.08. The summed E-state index contributed by atoms with van der Waals surface area (Å²) in [6, 6.07) is 7.55. The summed E-state index contributed by atoms with van der Waals surface area (Å²) in [5.41, 5.74) is 0.897. The molecule has 1 aliphatic heterocycles. The highest BCUT2D eigenvalue weighted by Gasteiger charge is 2.42. The number of amides is 2. The van der Waals surface area contributed by atoms with Crippen LogP contribution in [0.4, 0.5) is 0 Å². The molecule has 0 spiro atoms. The fourth-order valence-electron chi connectivity index (χ4n) is 4.82. The van der Waals surface area contributed by atoms with Crippen LogP contribution in [0.3, 0.4) is 0 Å². The van der Waals surface area contributed by atoms with Crippen LogP contribution >= 0.6 is 0 Å². The summed E-state index contributed by atoms with van der Waals surface area (Å²) in [5, 5.41) is 0. The number of carbonyl (C=O) groups excluding carboxylic acids is 2. The molecule has 3 rings (SSSR count). The van der Waals surface area contributed by atoms with Gasteiger partial charge in [0, 0.05) is 12.6 Å². The molecule has 1 aliphatic carbocycles. The molecule has 0 N–H and O–H groups in total. The Kier molecular flexibility index (Phi) is 9.23. The van der Waals surface area contributed by atoms with Crippen LogP contribution in [0.25, 0.3) is 0 Å². The van der Waals surface area contributed by atoms with Crippen molar-refractivity contribution in [2.45, 2.75) is 96.6 Å². The van der Waals surface area contributed by atoms with Crippen LogP contribution < -0.4 is 4.74 Å². The molecule has 2 aliphatic rings. The van der Waals surface area contributed by atoms with Gasteiger partial charge in [-0.3, -0.25) is 9.59 Å². The molecule has 1 saturated heterocycles. The third kappa shape index (κ3) is 6.24. The zero-order chi connectivity index (χ0) is 22.1. The normalized spacial score (nSPS) is 20.4. The molecule has 1 heterocycles. The minimum atomic E-state index is -0.506. The topological polar surface area (TPSA) is 49.9 Å². The first-order chi connectivity index (χ1) is 15.2. The van der Waals surface area contributed by atoms with E-state index >= 15 is 0 Å². The quantitative estimate of drug-likeness (QED) is 0.438. The van der Waals surface area contributed by atoms with Crippen molar-refractivity contribution in [2.75, 3.05) is 19.7 Å². The van der Waals surface area contributed by atoms with Gasteiger partial charge in [0.05, 0.1) is 6.61 Å². The predicted octanol–water partition coefficient (Wildman–Crippen LogP) is 5.49. The van der Waals surface area contributed by atoms with Crippen molar-refractivity contribution in [1.82, 2.24) is 9.80 Å². The van der Waals surface area contributed by atoms with E-state index in [4.69, 9.17) is 4.74 Å². The van der Waals surface area contributed by atoms with Crippen LogP contribution in [-0.4, -0.2) is 47.4 Å². The number of hydrogen-bond donors (Lipinski definition) is 0. The smallest absolute Gasteiger partial charge is 0.250 e. The van der Waals surface area contributed by atoms with Crippen LogP contribution in [-0.2, 0) is 9.59 Å². The van der Waals surface area contributed by atoms with Gasteiger partial charge in [0.1, 0.15) is 18.3 Å². The lowest BCUT2D eigenvalue weighted by atomic mass is 9.91. The highest BCUT2D eigenvalue weighted by molar-refractivity contribution is 5.95. The summed E-state index contributed by atoms with van der Waals surface area (Å²) in [6.07, 6.45) is 12.2. The molecule has 2 amide bonds. The van der Waals surface area contributed by atoms with Crippen molar-refractivity contribution >= 4 is 11.8 Å². The van der Waals surface area contributed by atoms with Crippen molar-refractivity contribution in [2.24, 2.45) is 0 Å². The molecule has 0 radical (unpaired) electrons. The summed E-state index contributed by atoms with van der Waals surface area (Å²) in [7, 11) is 0. The van der Waals surface area contributed by atoms with E-state index in [1.165, 1.54) is 25.7 Å². The Balaban J connectivity index is 1.73. The van der Waals surface area contributed by atoms with E-state index in [0.29, 0.717) is 6.54 Å². The van der Waals surface area contributed by atoms with Crippen LogP contribution in [0, 0.1) is 0 Å². The Morgan fingerprint density at radius 2 is 1.61 bits per heavy atom. The predicted molar refractivity (Wildman–Crippen MR) is 124 cm³/mol. The maximum absolute atomic E-state index is 13.6. The van der Waals surface area contributed by atoms with E-state index < -0.39 is 6.04 Å². The summed E-state index contributed by atoms with van der Waals surface area (Å²) in [4.78, 5) is 30.4. The zero-order valence-electron chi connectivity index (χ0n) is 19.5. The molecule has 1 aromatic carbocycles. The highest BCUT2D eigenvalue weighted by atomic mass is 16.5. The molecular formula is C26H40N2O3. The Morgan fingerprint density at radius 3 is 2.29 bits per heavy atom. The minimum absolute atomic E-state index is 0.0832. The molecule has 31 heavy (non-hydrogen) atoms. The molecule has 1 aromatic rings. The van der Waals surface area contributed by atoms with Gasteiger partial charge in [-0.2, -0.15) is 0 Å².